The van der Waals surface area contributed by atoms with Gasteiger partial charge in [-0.1, -0.05) is 120 Å². The zero-order chi connectivity index (χ0) is 22.2. The average Bonchev–Trinajstić information content (AvgIpc) is 2.73. The molecule has 0 amide bonds. The van der Waals surface area contributed by atoms with E-state index >= 15 is 0 Å². The zero-order valence-electron chi connectivity index (χ0n) is 19.4. The fourth-order valence-electron chi connectivity index (χ4n) is 2.79. The van der Waals surface area contributed by atoms with Crippen LogP contribution in [-0.4, -0.2) is 0 Å². The fourth-order valence-corrected chi connectivity index (χ4v) is 2.79. The highest BCUT2D eigenvalue weighted by atomic mass is 13.9. The molecule has 0 heteroatoms. The molecule has 0 nitrogen and oxygen atoms in total. The van der Waals surface area contributed by atoms with Crippen LogP contribution < -0.4 is 0 Å². The SMILES string of the molecule is CC=Cc1ccc(C)cc1.CC=Cc1cccc(C)c1.CC=Cc1ccccc1C. The molecule has 30 heavy (non-hydrogen) atoms. The summed E-state index contributed by atoms with van der Waals surface area (Å²) in [5.74, 6) is 0. The van der Waals surface area contributed by atoms with Crippen LogP contribution in [0.1, 0.15) is 54.2 Å². The third-order valence-electron chi connectivity index (χ3n) is 4.37. The average molecular weight is 397 g/mol. The van der Waals surface area contributed by atoms with Gasteiger partial charge in [-0.3, -0.25) is 0 Å². The van der Waals surface area contributed by atoms with Gasteiger partial charge in [-0.2, -0.15) is 0 Å². The number of hydrogen-bond donors (Lipinski definition) is 0. The number of aryl methyl sites for hydroxylation is 3. The summed E-state index contributed by atoms with van der Waals surface area (Å²) in [6.45, 7) is 12.4. The van der Waals surface area contributed by atoms with Crippen molar-refractivity contribution in [2.75, 3.05) is 0 Å². The predicted molar refractivity (Wildman–Crippen MR) is 138 cm³/mol. The van der Waals surface area contributed by atoms with Gasteiger partial charge in [0.15, 0.2) is 0 Å². The molecule has 0 spiro atoms. The Bertz CT molecular complexity index is 938. The molecule has 0 aliphatic heterocycles. The maximum absolute atomic E-state index is 2.17. The van der Waals surface area contributed by atoms with Crippen molar-refractivity contribution >= 4 is 18.2 Å². The quantitative estimate of drug-likeness (QED) is 0.414. The van der Waals surface area contributed by atoms with Crippen molar-refractivity contribution in [3.8, 4) is 0 Å². The molecule has 0 aromatic heterocycles. The largest absolute Gasteiger partial charge is 0.0871 e. The van der Waals surface area contributed by atoms with Gasteiger partial charge in [0.25, 0.3) is 0 Å². The summed E-state index contributed by atoms with van der Waals surface area (Å²) in [4.78, 5) is 0. The normalized spacial score (nSPS) is 10.6. The highest BCUT2D eigenvalue weighted by Crippen LogP contribution is 2.08. The summed E-state index contributed by atoms with van der Waals surface area (Å²) in [6.07, 6.45) is 12.5. The van der Waals surface area contributed by atoms with Crippen molar-refractivity contribution < 1.29 is 0 Å². The van der Waals surface area contributed by atoms with Gasteiger partial charge in [-0.05, 0) is 63.8 Å². The first-order valence-electron chi connectivity index (χ1n) is 10.6. The first-order valence-corrected chi connectivity index (χ1v) is 10.6. The van der Waals surface area contributed by atoms with E-state index in [0.717, 1.165) is 0 Å². The lowest BCUT2D eigenvalue weighted by molar-refractivity contribution is 1.44. The molecule has 3 aromatic carbocycles. The van der Waals surface area contributed by atoms with Crippen LogP contribution in [0.15, 0.2) is 91.0 Å². The topological polar surface area (TPSA) is 0 Å². The highest BCUT2D eigenvalue weighted by Gasteiger charge is 1.88. The molecule has 0 aliphatic carbocycles. The second kappa shape index (κ2) is 14.8. The van der Waals surface area contributed by atoms with Gasteiger partial charge in [0.05, 0.1) is 0 Å². The van der Waals surface area contributed by atoms with Crippen LogP contribution in [0.3, 0.4) is 0 Å². The molecule has 0 saturated heterocycles. The Labute approximate surface area is 184 Å². The summed E-state index contributed by atoms with van der Waals surface area (Å²) in [6, 6.07) is 25.3. The molecule has 0 bridgehead atoms. The predicted octanol–water partition coefficient (Wildman–Crippen LogP) is 9.08. The van der Waals surface area contributed by atoms with Gasteiger partial charge in [0, 0.05) is 0 Å². The van der Waals surface area contributed by atoms with Gasteiger partial charge in [0.2, 0.25) is 0 Å². The summed E-state index contributed by atoms with van der Waals surface area (Å²) in [5.41, 5.74) is 7.82. The summed E-state index contributed by atoms with van der Waals surface area (Å²) in [5, 5.41) is 0. The molecular weight excluding hydrogens is 360 g/mol. The molecule has 156 valence electrons. The summed E-state index contributed by atoms with van der Waals surface area (Å²) < 4.78 is 0. The van der Waals surface area contributed by atoms with E-state index in [4.69, 9.17) is 0 Å². The van der Waals surface area contributed by atoms with E-state index in [1.54, 1.807) is 0 Å². The van der Waals surface area contributed by atoms with Crippen molar-refractivity contribution in [3.63, 3.8) is 0 Å². The number of allylic oxidation sites excluding steroid dienone is 3. The van der Waals surface area contributed by atoms with E-state index in [-0.39, 0.29) is 0 Å². The minimum atomic E-state index is 1.27. The van der Waals surface area contributed by atoms with Crippen molar-refractivity contribution in [3.05, 3.63) is 124 Å². The summed E-state index contributed by atoms with van der Waals surface area (Å²) in [7, 11) is 0. The van der Waals surface area contributed by atoms with Crippen LogP contribution in [0.5, 0.6) is 0 Å². The van der Waals surface area contributed by atoms with E-state index in [1.165, 1.54) is 33.4 Å². The monoisotopic (exact) mass is 396 g/mol. The maximum atomic E-state index is 2.17. The van der Waals surface area contributed by atoms with Crippen molar-refractivity contribution in [2.45, 2.75) is 41.5 Å². The number of benzene rings is 3. The first-order chi connectivity index (χ1) is 14.5. The molecule has 3 aromatic rings. The first kappa shape index (κ1) is 24.9. The maximum Gasteiger partial charge on any atom is -0.0231 e. The Morgan fingerprint density at radius 3 is 1.67 bits per heavy atom. The van der Waals surface area contributed by atoms with E-state index < -0.39 is 0 Å². The van der Waals surface area contributed by atoms with Gasteiger partial charge in [-0.25, -0.2) is 0 Å². The minimum Gasteiger partial charge on any atom is -0.0871 e. The van der Waals surface area contributed by atoms with Crippen LogP contribution in [0.4, 0.5) is 0 Å². The molecule has 0 atom stereocenters. The third kappa shape index (κ3) is 10.4. The summed E-state index contributed by atoms with van der Waals surface area (Å²) >= 11 is 0. The lowest BCUT2D eigenvalue weighted by atomic mass is 10.1. The van der Waals surface area contributed by atoms with E-state index in [0.29, 0.717) is 0 Å². The molecule has 0 fully saturated rings. The standard InChI is InChI=1S/3C10H12/c1-3-6-10-8-5-4-7-9(10)2;1-3-5-10-7-4-6-9(2)8-10;1-3-4-10-7-5-9(2)6-8-10/h3*3-8H,1-2H3. The second-order valence-electron chi connectivity index (χ2n) is 7.18. The van der Waals surface area contributed by atoms with Gasteiger partial charge in [0.1, 0.15) is 0 Å². The molecule has 0 heterocycles. The minimum absolute atomic E-state index is 1.27. The van der Waals surface area contributed by atoms with Crippen molar-refractivity contribution in [1.82, 2.24) is 0 Å². The fraction of sp³-hybridized carbons (Fsp3) is 0.200. The van der Waals surface area contributed by atoms with Crippen molar-refractivity contribution in [2.24, 2.45) is 0 Å². The molecule has 0 radical (unpaired) electrons. The Balaban J connectivity index is 0.000000225. The second-order valence-corrected chi connectivity index (χ2v) is 7.18. The smallest absolute Gasteiger partial charge is 0.0231 e. The Morgan fingerprint density at radius 1 is 0.500 bits per heavy atom. The Hall–Kier alpha value is -3.12. The number of rotatable bonds is 3. The van der Waals surface area contributed by atoms with Crippen LogP contribution in [0.25, 0.3) is 18.2 Å². The number of hydrogen-bond acceptors (Lipinski definition) is 0. The highest BCUT2D eigenvalue weighted by molar-refractivity contribution is 5.53. The van der Waals surface area contributed by atoms with E-state index in [2.05, 4.69) is 124 Å². The molecule has 3 rings (SSSR count). The van der Waals surface area contributed by atoms with Crippen LogP contribution in [-0.2, 0) is 0 Å². The van der Waals surface area contributed by atoms with Gasteiger partial charge >= 0.3 is 0 Å². The Kier molecular flexibility index (Phi) is 12.3. The molecule has 0 N–H and O–H groups in total. The van der Waals surface area contributed by atoms with Crippen LogP contribution in [0.2, 0.25) is 0 Å². The van der Waals surface area contributed by atoms with Crippen LogP contribution in [0, 0.1) is 20.8 Å². The van der Waals surface area contributed by atoms with Crippen molar-refractivity contribution in [1.29, 1.82) is 0 Å². The molecule has 0 saturated carbocycles. The molecule has 0 unspecified atom stereocenters. The van der Waals surface area contributed by atoms with Gasteiger partial charge < -0.3 is 0 Å². The third-order valence-corrected chi connectivity index (χ3v) is 4.37. The lowest BCUT2D eigenvalue weighted by Crippen LogP contribution is -1.76. The van der Waals surface area contributed by atoms with Crippen LogP contribution >= 0.6 is 0 Å². The van der Waals surface area contributed by atoms with Gasteiger partial charge in [-0.15, -0.1) is 0 Å². The van der Waals surface area contributed by atoms with E-state index in [1.807, 2.05) is 26.8 Å². The molecular formula is C30H36. The van der Waals surface area contributed by atoms with E-state index in [9.17, 15) is 0 Å². The lowest BCUT2D eigenvalue weighted by Gasteiger charge is -1.96. The Morgan fingerprint density at radius 2 is 1.10 bits per heavy atom. The molecule has 0 aliphatic rings. The zero-order valence-corrected chi connectivity index (χ0v) is 19.4.